The minimum absolute atomic E-state index is 0.0414. The molecular weight excluding hydrogens is 232 g/mol. The summed E-state index contributed by atoms with van der Waals surface area (Å²) >= 11 is 3.23. The first-order valence-electron chi connectivity index (χ1n) is 4.80. The minimum atomic E-state index is 0.0414. The van der Waals surface area contributed by atoms with E-state index in [2.05, 4.69) is 10.3 Å². The molecule has 0 saturated carbocycles. The number of amides is 1. The molecule has 0 aromatic heterocycles. The number of carbonyl (C=O) groups is 1. The molecule has 1 unspecified atom stereocenters. The van der Waals surface area contributed by atoms with Gasteiger partial charge < -0.3 is 10.1 Å². The van der Waals surface area contributed by atoms with Crippen LogP contribution in [0.4, 0.5) is 0 Å². The topological polar surface area (TPSA) is 50.7 Å². The van der Waals surface area contributed by atoms with E-state index in [0.717, 1.165) is 16.7 Å². The molecule has 1 aliphatic rings. The van der Waals surface area contributed by atoms with Crippen LogP contribution in [0.3, 0.4) is 0 Å². The number of hydrogen-bond donors (Lipinski definition) is 1. The van der Waals surface area contributed by atoms with Gasteiger partial charge in [0.2, 0.25) is 5.91 Å². The molecule has 1 atom stereocenters. The summed E-state index contributed by atoms with van der Waals surface area (Å²) in [4.78, 5) is 15.7. The Morgan fingerprint density at radius 3 is 3.20 bits per heavy atom. The first-order chi connectivity index (χ1) is 7.22. The highest BCUT2D eigenvalue weighted by Crippen LogP contribution is 2.21. The van der Waals surface area contributed by atoms with Gasteiger partial charge in [0.1, 0.15) is 4.38 Å². The summed E-state index contributed by atoms with van der Waals surface area (Å²) in [6, 6.07) is 0.0706. The lowest BCUT2D eigenvalue weighted by molar-refractivity contribution is -0.119. The summed E-state index contributed by atoms with van der Waals surface area (Å²) in [5.41, 5.74) is 0. The van der Waals surface area contributed by atoms with Gasteiger partial charge in [-0.2, -0.15) is 0 Å². The van der Waals surface area contributed by atoms with Crippen molar-refractivity contribution in [3.05, 3.63) is 0 Å². The van der Waals surface area contributed by atoms with Gasteiger partial charge in [-0.15, -0.1) is 0 Å². The van der Waals surface area contributed by atoms with Crippen molar-refractivity contribution in [3.63, 3.8) is 0 Å². The third-order valence-corrected chi connectivity index (χ3v) is 3.96. The molecule has 1 rings (SSSR count). The molecule has 0 saturated heterocycles. The molecule has 0 spiro atoms. The number of rotatable bonds is 5. The number of carbonyl (C=O) groups excluding carboxylic acids is 1. The highest BCUT2D eigenvalue weighted by atomic mass is 32.2. The highest BCUT2D eigenvalue weighted by Gasteiger charge is 2.11. The molecule has 6 heteroatoms. The average Bonchev–Trinajstić information content (AvgIpc) is 2.67. The van der Waals surface area contributed by atoms with Crippen molar-refractivity contribution < 1.29 is 9.53 Å². The van der Waals surface area contributed by atoms with E-state index < -0.39 is 0 Å². The Hall–Kier alpha value is -0.200. The number of aliphatic imine (C=N–C) groups is 1. The third-order valence-electron chi connectivity index (χ3n) is 1.71. The normalized spacial score (nSPS) is 17.3. The lowest BCUT2D eigenvalue weighted by Gasteiger charge is -2.12. The highest BCUT2D eigenvalue weighted by molar-refractivity contribution is 8.39. The lowest BCUT2D eigenvalue weighted by Crippen LogP contribution is -2.36. The van der Waals surface area contributed by atoms with Crippen molar-refractivity contribution in [1.29, 1.82) is 0 Å². The van der Waals surface area contributed by atoms with Crippen molar-refractivity contribution in [3.8, 4) is 0 Å². The van der Waals surface area contributed by atoms with Crippen LogP contribution in [0, 0.1) is 0 Å². The van der Waals surface area contributed by atoms with E-state index >= 15 is 0 Å². The maximum Gasteiger partial charge on any atom is 0.230 e. The molecule has 1 heterocycles. The summed E-state index contributed by atoms with van der Waals surface area (Å²) in [5, 5.41) is 2.86. The van der Waals surface area contributed by atoms with E-state index in [-0.39, 0.29) is 11.9 Å². The van der Waals surface area contributed by atoms with E-state index in [1.807, 2.05) is 6.92 Å². The van der Waals surface area contributed by atoms with Crippen LogP contribution in [0.2, 0.25) is 0 Å². The number of methoxy groups -OCH3 is 1. The smallest absolute Gasteiger partial charge is 0.230 e. The summed E-state index contributed by atoms with van der Waals surface area (Å²) in [6.07, 6.45) is 0. The van der Waals surface area contributed by atoms with Gasteiger partial charge in [-0.25, -0.2) is 0 Å². The van der Waals surface area contributed by atoms with Crippen LogP contribution >= 0.6 is 23.5 Å². The Morgan fingerprint density at radius 1 is 1.80 bits per heavy atom. The van der Waals surface area contributed by atoms with Crippen molar-refractivity contribution in [2.45, 2.75) is 13.0 Å². The van der Waals surface area contributed by atoms with Gasteiger partial charge in [0.15, 0.2) is 0 Å². The molecule has 4 nitrogen and oxygen atoms in total. The van der Waals surface area contributed by atoms with E-state index in [0.29, 0.717) is 12.4 Å². The number of nitrogens with zero attached hydrogens (tertiary/aromatic N) is 1. The van der Waals surface area contributed by atoms with Gasteiger partial charge in [-0.1, -0.05) is 23.5 Å². The molecule has 1 aliphatic heterocycles. The molecule has 1 N–H and O–H groups in total. The maximum absolute atomic E-state index is 11.4. The van der Waals surface area contributed by atoms with Crippen molar-refractivity contribution >= 4 is 33.8 Å². The second-order valence-electron chi connectivity index (χ2n) is 3.21. The second-order valence-corrected chi connectivity index (χ2v) is 5.51. The first-order valence-corrected chi connectivity index (χ1v) is 6.78. The minimum Gasteiger partial charge on any atom is -0.383 e. The molecule has 0 fully saturated rings. The fourth-order valence-electron chi connectivity index (χ4n) is 1.14. The SMILES string of the molecule is COCC(C)NC(=O)CSC1=NCCS1. The van der Waals surface area contributed by atoms with Gasteiger partial charge in [-0.3, -0.25) is 9.79 Å². The molecular formula is C9H16N2O2S2. The number of ether oxygens (including phenoxy) is 1. The molecule has 0 bridgehead atoms. The van der Waals surface area contributed by atoms with Crippen molar-refractivity contribution in [2.24, 2.45) is 4.99 Å². The summed E-state index contributed by atoms with van der Waals surface area (Å²) in [7, 11) is 1.63. The van der Waals surface area contributed by atoms with Crippen LogP contribution in [-0.2, 0) is 9.53 Å². The van der Waals surface area contributed by atoms with E-state index in [1.165, 1.54) is 11.8 Å². The first kappa shape index (κ1) is 12.9. The summed E-state index contributed by atoms with van der Waals surface area (Å²) in [6.45, 7) is 3.36. The Labute approximate surface area is 98.6 Å². The predicted molar refractivity (Wildman–Crippen MR) is 66.7 cm³/mol. The van der Waals surface area contributed by atoms with E-state index in [1.54, 1.807) is 18.9 Å². The summed E-state index contributed by atoms with van der Waals surface area (Å²) in [5.74, 6) is 1.53. The fraction of sp³-hybridized carbons (Fsp3) is 0.778. The maximum atomic E-state index is 11.4. The number of thioether (sulfide) groups is 2. The monoisotopic (exact) mass is 248 g/mol. The molecule has 15 heavy (non-hydrogen) atoms. The van der Waals surface area contributed by atoms with E-state index in [9.17, 15) is 4.79 Å². The Morgan fingerprint density at radius 2 is 2.60 bits per heavy atom. The molecule has 0 aromatic rings. The van der Waals surface area contributed by atoms with Crippen LogP contribution in [0.5, 0.6) is 0 Å². The number of hydrogen-bond acceptors (Lipinski definition) is 5. The van der Waals surface area contributed by atoms with Crippen LogP contribution in [-0.4, -0.2) is 48.1 Å². The van der Waals surface area contributed by atoms with Crippen LogP contribution in [0.25, 0.3) is 0 Å². The molecule has 0 aliphatic carbocycles. The standard InChI is InChI=1S/C9H16N2O2S2/c1-7(5-13-2)11-8(12)6-15-9-10-3-4-14-9/h7H,3-6H2,1-2H3,(H,11,12). The lowest BCUT2D eigenvalue weighted by atomic mass is 10.3. The van der Waals surface area contributed by atoms with Crippen LogP contribution < -0.4 is 5.32 Å². The van der Waals surface area contributed by atoms with Gasteiger partial charge in [0.25, 0.3) is 0 Å². The molecule has 0 radical (unpaired) electrons. The Balaban J connectivity index is 2.12. The molecule has 86 valence electrons. The van der Waals surface area contributed by atoms with E-state index in [4.69, 9.17) is 4.74 Å². The van der Waals surface area contributed by atoms with Crippen molar-refractivity contribution in [2.75, 3.05) is 31.8 Å². The second kappa shape index (κ2) is 7.14. The average molecular weight is 248 g/mol. The van der Waals surface area contributed by atoms with Crippen LogP contribution in [0.1, 0.15) is 6.92 Å². The quantitative estimate of drug-likeness (QED) is 0.788. The largest absolute Gasteiger partial charge is 0.383 e. The zero-order valence-corrected chi connectivity index (χ0v) is 10.6. The van der Waals surface area contributed by atoms with Crippen molar-refractivity contribution in [1.82, 2.24) is 5.32 Å². The van der Waals surface area contributed by atoms with Gasteiger partial charge in [0.05, 0.1) is 18.9 Å². The third kappa shape index (κ3) is 5.44. The zero-order valence-electron chi connectivity index (χ0n) is 8.99. The Bertz CT molecular complexity index is 246. The molecule has 0 aromatic carbocycles. The Kier molecular flexibility index (Phi) is 6.12. The zero-order chi connectivity index (χ0) is 11.1. The predicted octanol–water partition coefficient (Wildman–Crippen LogP) is 0.973. The van der Waals surface area contributed by atoms with Gasteiger partial charge >= 0.3 is 0 Å². The number of nitrogens with one attached hydrogen (secondary N) is 1. The van der Waals surface area contributed by atoms with Gasteiger partial charge in [-0.05, 0) is 6.92 Å². The van der Waals surface area contributed by atoms with Gasteiger partial charge in [0, 0.05) is 18.9 Å². The fourth-order valence-corrected chi connectivity index (χ4v) is 2.96. The molecule has 1 amide bonds. The van der Waals surface area contributed by atoms with Crippen LogP contribution in [0.15, 0.2) is 4.99 Å². The summed E-state index contributed by atoms with van der Waals surface area (Å²) < 4.78 is 5.97.